The summed E-state index contributed by atoms with van der Waals surface area (Å²) in [4.78, 5) is 0. The summed E-state index contributed by atoms with van der Waals surface area (Å²) in [5.74, 6) is 0.468. The maximum atomic E-state index is 13.3. The second-order valence-corrected chi connectivity index (χ2v) is 5.72. The van der Waals surface area contributed by atoms with Crippen LogP contribution in [0.15, 0.2) is 48.5 Å². The minimum Gasteiger partial charge on any atom is -0.490 e. The summed E-state index contributed by atoms with van der Waals surface area (Å²) in [6.07, 6.45) is 0.680. The molecule has 3 heteroatoms. The van der Waals surface area contributed by atoms with E-state index in [2.05, 4.69) is 19.1 Å². The van der Waals surface area contributed by atoms with Gasteiger partial charge in [0.1, 0.15) is 17.7 Å². The first-order chi connectivity index (χ1) is 10.1. The van der Waals surface area contributed by atoms with Crippen molar-refractivity contribution in [2.24, 2.45) is 0 Å². The van der Waals surface area contributed by atoms with Crippen molar-refractivity contribution in [1.82, 2.24) is 0 Å². The van der Waals surface area contributed by atoms with Crippen molar-refractivity contribution in [3.8, 4) is 5.75 Å². The smallest absolute Gasteiger partial charge is 0.128 e. The molecule has 1 aliphatic rings. The first-order valence-corrected chi connectivity index (χ1v) is 7.32. The average molecular weight is 286 g/mol. The van der Waals surface area contributed by atoms with Gasteiger partial charge in [-0.15, -0.1) is 0 Å². The van der Waals surface area contributed by atoms with E-state index in [1.165, 1.54) is 17.7 Å². The summed E-state index contributed by atoms with van der Waals surface area (Å²) in [5, 5.41) is 10.2. The lowest BCUT2D eigenvalue weighted by molar-refractivity contribution is 0.0586. The molecule has 2 aromatic carbocycles. The normalized spacial score (nSPS) is 22.2. The SMILES string of the molecule is CC(CC1C[C@@H](O)c2ccc(F)cc2O1)c1ccccc1. The number of hydrogen-bond donors (Lipinski definition) is 1. The van der Waals surface area contributed by atoms with Crippen LogP contribution in [-0.4, -0.2) is 11.2 Å². The Morgan fingerprint density at radius 1 is 1.24 bits per heavy atom. The lowest BCUT2D eigenvalue weighted by atomic mass is 9.90. The van der Waals surface area contributed by atoms with Crippen molar-refractivity contribution in [2.45, 2.75) is 37.9 Å². The first kappa shape index (κ1) is 14.1. The molecule has 3 atom stereocenters. The zero-order valence-electron chi connectivity index (χ0n) is 12.0. The van der Waals surface area contributed by atoms with Gasteiger partial charge in [0, 0.05) is 18.1 Å². The molecule has 21 heavy (non-hydrogen) atoms. The lowest BCUT2D eigenvalue weighted by Gasteiger charge is -2.31. The van der Waals surface area contributed by atoms with Crippen LogP contribution in [0.5, 0.6) is 5.75 Å². The number of benzene rings is 2. The van der Waals surface area contributed by atoms with Crippen LogP contribution in [0.25, 0.3) is 0 Å². The molecule has 3 rings (SSSR count). The predicted molar refractivity (Wildman–Crippen MR) is 79.9 cm³/mol. The quantitative estimate of drug-likeness (QED) is 0.916. The molecule has 110 valence electrons. The Bertz CT molecular complexity index is 612. The summed E-state index contributed by atoms with van der Waals surface area (Å²) in [5.41, 5.74) is 1.93. The van der Waals surface area contributed by atoms with Crippen molar-refractivity contribution in [1.29, 1.82) is 0 Å². The Balaban J connectivity index is 1.74. The van der Waals surface area contributed by atoms with Crippen LogP contribution in [0.4, 0.5) is 4.39 Å². The number of rotatable bonds is 3. The van der Waals surface area contributed by atoms with E-state index >= 15 is 0 Å². The highest BCUT2D eigenvalue weighted by Gasteiger charge is 2.28. The van der Waals surface area contributed by atoms with Gasteiger partial charge >= 0.3 is 0 Å². The molecule has 0 spiro atoms. The van der Waals surface area contributed by atoms with Gasteiger partial charge in [-0.3, -0.25) is 0 Å². The first-order valence-electron chi connectivity index (χ1n) is 7.32. The Kier molecular flexibility index (Phi) is 3.93. The van der Waals surface area contributed by atoms with E-state index in [0.29, 0.717) is 23.7 Å². The zero-order valence-corrected chi connectivity index (χ0v) is 12.0. The summed E-state index contributed by atoms with van der Waals surface area (Å²) in [6.45, 7) is 2.15. The Hall–Kier alpha value is -1.87. The molecule has 1 heterocycles. The van der Waals surface area contributed by atoms with Crippen LogP contribution in [0.1, 0.15) is 42.9 Å². The van der Waals surface area contributed by atoms with Gasteiger partial charge in [-0.1, -0.05) is 37.3 Å². The van der Waals surface area contributed by atoms with E-state index in [9.17, 15) is 9.50 Å². The average Bonchev–Trinajstić information content (AvgIpc) is 2.47. The highest BCUT2D eigenvalue weighted by molar-refractivity contribution is 5.37. The molecule has 1 N–H and O–H groups in total. The van der Waals surface area contributed by atoms with Gasteiger partial charge in [0.25, 0.3) is 0 Å². The van der Waals surface area contributed by atoms with E-state index in [4.69, 9.17) is 4.74 Å². The third-order valence-corrected chi connectivity index (χ3v) is 4.10. The van der Waals surface area contributed by atoms with Crippen LogP contribution in [0.2, 0.25) is 0 Å². The monoisotopic (exact) mass is 286 g/mol. The fraction of sp³-hybridized carbons (Fsp3) is 0.333. The predicted octanol–water partition coefficient (Wildman–Crippen LogP) is 4.20. The number of halogens is 1. The van der Waals surface area contributed by atoms with E-state index in [1.807, 2.05) is 18.2 Å². The minimum atomic E-state index is -0.581. The third kappa shape index (κ3) is 3.08. The zero-order chi connectivity index (χ0) is 14.8. The van der Waals surface area contributed by atoms with Gasteiger partial charge in [0.05, 0.1) is 6.10 Å². The van der Waals surface area contributed by atoms with Crippen LogP contribution in [0, 0.1) is 5.82 Å². The van der Waals surface area contributed by atoms with E-state index in [0.717, 1.165) is 6.42 Å². The maximum Gasteiger partial charge on any atom is 0.128 e. The van der Waals surface area contributed by atoms with Crippen LogP contribution in [-0.2, 0) is 0 Å². The molecule has 2 nitrogen and oxygen atoms in total. The molecular formula is C18H19FO2. The summed E-state index contributed by atoms with van der Waals surface area (Å²) in [7, 11) is 0. The largest absolute Gasteiger partial charge is 0.490 e. The molecule has 0 radical (unpaired) electrons. The highest BCUT2D eigenvalue weighted by Crippen LogP contribution is 2.37. The molecule has 0 aromatic heterocycles. The van der Waals surface area contributed by atoms with Gasteiger partial charge in [-0.05, 0) is 30.0 Å². The summed E-state index contributed by atoms with van der Waals surface area (Å²) in [6, 6.07) is 14.5. The number of hydrogen-bond acceptors (Lipinski definition) is 2. The lowest BCUT2D eigenvalue weighted by Crippen LogP contribution is -2.27. The fourth-order valence-corrected chi connectivity index (χ4v) is 2.95. The molecule has 2 unspecified atom stereocenters. The van der Waals surface area contributed by atoms with Crippen molar-refractivity contribution in [3.05, 3.63) is 65.5 Å². The van der Waals surface area contributed by atoms with E-state index in [-0.39, 0.29) is 11.9 Å². The second kappa shape index (κ2) is 5.86. The molecular weight excluding hydrogens is 267 g/mol. The maximum absolute atomic E-state index is 13.3. The highest BCUT2D eigenvalue weighted by atomic mass is 19.1. The number of aliphatic hydroxyl groups is 1. The van der Waals surface area contributed by atoms with E-state index < -0.39 is 6.10 Å². The van der Waals surface area contributed by atoms with Crippen LogP contribution < -0.4 is 4.74 Å². The van der Waals surface area contributed by atoms with Gasteiger partial charge in [0.15, 0.2) is 0 Å². The number of aliphatic hydroxyl groups excluding tert-OH is 1. The standard InChI is InChI=1S/C18H19FO2/c1-12(13-5-3-2-4-6-13)9-15-11-17(20)16-8-7-14(19)10-18(16)21-15/h2-8,10,12,15,17,20H,9,11H2,1H3/t12?,15?,17-/m1/s1. The van der Waals surface area contributed by atoms with Gasteiger partial charge in [0.2, 0.25) is 0 Å². The van der Waals surface area contributed by atoms with Gasteiger partial charge in [-0.25, -0.2) is 4.39 Å². The molecule has 0 aliphatic carbocycles. The van der Waals surface area contributed by atoms with Crippen LogP contribution in [0.3, 0.4) is 0 Å². The number of fused-ring (bicyclic) bond motifs is 1. The molecule has 0 saturated heterocycles. The van der Waals surface area contributed by atoms with Gasteiger partial charge in [-0.2, -0.15) is 0 Å². The molecule has 2 aromatic rings. The summed E-state index contributed by atoms with van der Waals surface area (Å²) < 4.78 is 19.2. The molecule has 0 bridgehead atoms. The number of ether oxygens (including phenoxy) is 1. The van der Waals surface area contributed by atoms with Crippen LogP contribution >= 0.6 is 0 Å². The van der Waals surface area contributed by atoms with Gasteiger partial charge < -0.3 is 9.84 Å². The van der Waals surface area contributed by atoms with E-state index in [1.54, 1.807) is 6.07 Å². The van der Waals surface area contributed by atoms with Crippen molar-refractivity contribution in [2.75, 3.05) is 0 Å². The van der Waals surface area contributed by atoms with Crippen molar-refractivity contribution in [3.63, 3.8) is 0 Å². The van der Waals surface area contributed by atoms with Crippen molar-refractivity contribution >= 4 is 0 Å². The topological polar surface area (TPSA) is 29.5 Å². The molecule has 1 aliphatic heterocycles. The minimum absolute atomic E-state index is 0.0930. The van der Waals surface area contributed by atoms with Crippen molar-refractivity contribution < 1.29 is 14.2 Å². The molecule has 0 saturated carbocycles. The third-order valence-electron chi connectivity index (χ3n) is 4.10. The Labute approximate surface area is 124 Å². The second-order valence-electron chi connectivity index (χ2n) is 5.72. The fourth-order valence-electron chi connectivity index (χ4n) is 2.95. The summed E-state index contributed by atoms with van der Waals surface area (Å²) >= 11 is 0. The Morgan fingerprint density at radius 2 is 2.00 bits per heavy atom. The Morgan fingerprint density at radius 3 is 2.76 bits per heavy atom. The molecule has 0 amide bonds. The molecule has 0 fully saturated rings.